The van der Waals surface area contributed by atoms with Crippen LogP contribution in [-0.2, 0) is 16.1 Å². The second-order valence-corrected chi connectivity index (χ2v) is 5.45. The topological polar surface area (TPSA) is 40.6 Å². The molecule has 0 saturated heterocycles. The van der Waals surface area contributed by atoms with E-state index in [0.717, 1.165) is 19.4 Å². The Morgan fingerprint density at radius 3 is 2.45 bits per heavy atom. The molecule has 122 valence electrons. The molecule has 4 nitrogen and oxygen atoms in total. The molecular formula is C17H25FN2O2. The van der Waals surface area contributed by atoms with Gasteiger partial charge in [0, 0.05) is 45.6 Å². The van der Waals surface area contributed by atoms with E-state index in [1.807, 2.05) is 0 Å². The summed E-state index contributed by atoms with van der Waals surface area (Å²) in [4.78, 5) is 26.9. The lowest BCUT2D eigenvalue weighted by atomic mass is 10.2. The Labute approximate surface area is 131 Å². The van der Waals surface area contributed by atoms with Crippen LogP contribution in [0.3, 0.4) is 0 Å². The van der Waals surface area contributed by atoms with Gasteiger partial charge in [-0.15, -0.1) is 0 Å². The van der Waals surface area contributed by atoms with Crippen molar-refractivity contribution in [2.75, 3.05) is 20.1 Å². The second-order valence-electron chi connectivity index (χ2n) is 5.45. The van der Waals surface area contributed by atoms with Gasteiger partial charge < -0.3 is 9.80 Å². The number of hydrogen-bond donors (Lipinski definition) is 0. The van der Waals surface area contributed by atoms with E-state index in [1.165, 1.54) is 17.9 Å². The highest BCUT2D eigenvalue weighted by molar-refractivity contribution is 5.78. The van der Waals surface area contributed by atoms with Gasteiger partial charge in [0.15, 0.2) is 0 Å². The number of rotatable bonds is 8. The molecule has 0 atom stereocenters. The molecule has 0 radical (unpaired) electrons. The molecule has 0 heterocycles. The van der Waals surface area contributed by atoms with E-state index in [-0.39, 0.29) is 30.6 Å². The highest BCUT2D eigenvalue weighted by Crippen LogP contribution is 2.11. The van der Waals surface area contributed by atoms with E-state index in [1.54, 1.807) is 30.1 Å². The summed E-state index contributed by atoms with van der Waals surface area (Å²) in [5, 5.41) is 0. The number of carbonyl (C=O) groups is 2. The summed E-state index contributed by atoms with van der Waals surface area (Å²) in [5.74, 6) is -0.486. The molecule has 2 amide bonds. The van der Waals surface area contributed by atoms with Crippen LogP contribution < -0.4 is 0 Å². The van der Waals surface area contributed by atoms with Gasteiger partial charge in [-0.25, -0.2) is 4.39 Å². The molecule has 0 spiro atoms. The van der Waals surface area contributed by atoms with Gasteiger partial charge in [0.2, 0.25) is 11.8 Å². The Hall–Kier alpha value is -1.91. The Morgan fingerprint density at radius 1 is 1.18 bits per heavy atom. The zero-order valence-electron chi connectivity index (χ0n) is 13.6. The fourth-order valence-corrected chi connectivity index (χ4v) is 2.12. The predicted molar refractivity (Wildman–Crippen MR) is 84.7 cm³/mol. The normalized spacial score (nSPS) is 10.4. The van der Waals surface area contributed by atoms with Crippen molar-refractivity contribution in [2.45, 2.75) is 39.7 Å². The molecular weight excluding hydrogens is 283 g/mol. The van der Waals surface area contributed by atoms with Gasteiger partial charge in [0.1, 0.15) is 5.82 Å². The number of hydrogen-bond acceptors (Lipinski definition) is 2. The van der Waals surface area contributed by atoms with Crippen LogP contribution in [-0.4, -0.2) is 41.8 Å². The largest absolute Gasteiger partial charge is 0.346 e. The summed E-state index contributed by atoms with van der Waals surface area (Å²) in [7, 11) is 1.77. The van der Waals surface area contributed by atoms with Crippen molar-refractivity contribution in [3.05, 3.63) is 35.6 Å². The first kappa shape index (κ1) is 18.1. The Morgan fingerprint density at radius 2 is 1.86 bits per heavy atom. The van der Waals surface area contributed by atoms with Crippen LogP contribution in [0, 0.1) is 5.82 Å². The highest BCUT2D eigenvalue weighted by atomic mass is 19.1. The van der Waals surface area contributed by atoms with E-state index in [2.05, 4.69) is 6.92 Å². The van der Waals surface area contributed by atoms with Gasteiger partial charge in [0.25, 0.3) is 0 Å². The van der Waals surface area contributed by atoms with Crippen LogP contribution in [0.2, 0.25) is 0 Å². The molecule has 0 bridgehead atoms. The number of amides is 2. The first-order chi connectivity index (χ1) is 10.5. The van der Waals surface area contributed by atoms with Crippen molar-refractivity contribution in [1.82, 2.24) is 9.80 Å². The van der Waals surface area contributed by atoms with E-state index in [4.69, 9.17) is 0 Å². The molecule has 0 aliphatic carbocycles. The summed E-state index contributed by atoms with van der Waals surface area (Å²) >= 11 is 0. The lowest BCUT2D eigenvalue weighted by Gasteiger charge is -2.23. The molecule has 22 heavy (non-hydrogen) atoms. The minimum Gasteiger partial charge on any atom is -0.346 e. The number of carbonyl (C=O) groups excluding carboxylic acids is 2. The van der Waals surface area contributed by atoms with Crippen LogP contribution in [0.4, 0.5) is 4.39 Å². The van der Waals surface area contributed by atoms with E-state index < -0.39 is 0 Å². The average molecular weight is 308 g/mol. The molecule has 5 heteroatoms. The average Bonchev–Trinajstić information content (AvgIpc) is 2.50. The van der Waals surface area contributed by atoms with Crippen molar-refractivity contribution in [3.63, 3.8) is 0 Å². The van der Waals surface area contributed by atoms with Crippen molar-refractivity contribution < 1.29 is 14.0 Å². The molecule has 0 aliphatic heterocycles. The van der Waals surface area contributed by atoms with Crippen LogP contribution in [0.25, 0.3) is 0 Å². The Balaban J connectivity index is 2.57. The van der Waals surface area contributed by atoms with Crippen molar-refractivity contribution >= 4 is 11.8 Å². The van der Waals surface area contributed by atoms with Crippen LogP contribution in [0.15, 0.2) is 24.3 Å². The van der Waals surface area contributed by atoms with Crippen LogP contribution >= 0.6 is 0 Å². The van der Waals surface area contributed by atoms with Gasteiger partial charge in [-0.05, 0) is 12.5 Å². The Bertz CT molecular complexity index is 505. The van der Waals surface area contributed by atoms with E-state index >= 15 is 0 Å². The van der Waals surface area contributed by atoms with Gasteiger partial charge in [-0.2, -0.15) is 0 Å². The first-order valence-corrected chi connectivity index (χ1v) is 7.68. The molecule has 0 aliphatic rings. The lowest BCUT2D eigenvalue weighted by Crippen LogP contribution is -2.34. The van der Waals surface area contributed by atoms with Crippen molar-refractivity contribution in [1.29, 1.82) is 0 Å². The van der Waals surface area contributed by atoms with E-state index in [0.29, 0.717) is 12.1 Å². The molecule has 0 aromatic heterocycles. The lowest BCUT2D eigenvalue weighted by molar-refractivity contribution is -0.133. The number of nitrogens with zero attached hydrogens (tertiary/aromatic N) is 2. The molecule has 1 aromatic carbocycles. The number of halogens is 1. The maximum Gasteiger partial charge on any atom is 0.224 e. The molecule has 0 N–H and O–H groups in total. The van der Waals surface area contributed by atoms with Crippen LogP contribution in [0.1, 0.15) is 38.7 Å². The number of unbranched alkanes of at least 4 members (excludes halogenated alkanes) is 1. The fourth-order valence-electron chi connectivity index (χ4n) is 2.12. The molecule has 0 fully saturated rings. The van der Waals surface area contributed by atoms with Crippen molar-refractivity contribution in [3.8, 4) is 0 Å². The summed E-state index contributed by atoms with van der Waals surface area (Å²) < 4.78 is 13.7. The van der Waals surface area contributed by atoms with Gasteiger partial charge in [0.05, 0.1) is 0 Å². The maximum absolute atomic E-state index is 13.7. The number of benzene rings is 1. The fraction of sp³-hybridized carbons (Fsp3) is 0.529. The molecule has 0 saturated carbocycles. The molecule has 0 unspecified atom stereocenters. The van der Waals surface area contributed by atoms with E-state index in [9.17, 15) is 14.0 Å². The van der Waals surface area contributed by atoms with Crippen LogP contribution in [0.5, 0.6) is 0 Å². The molecule has 1 aromatic rings. The third-order valence-electron chi connectivity index (χ3n) is 3.63. The summed E-state index contributed by atoms with van der Waals surface area (Å²) in [6, 6.07) is 6.38. The van der Waals surface area contributed by atoms with Gasteiger partial charge in [-0.1, -0.05) is 31.5 Å². The zero-order valence-corrected chi connectivity index (χ0v) is 13.6. The first-order valence-electron chi connectivity index (χ1n) is 7.68. The summed E-state index contributed by atoms with van der Waals surface area (Å²) in [5.41, 5.74) is 0.462. The van der Waals surface area contributed by atoms with Gasteiger partial charge in [-0.3, -0.25) is 9.59 Å². The zero-order chi connectivity index (χ0) is 16.5. The standard InChI is InChI=1S/C17H25FN2O2/c1-4-5-11-19(3)17(22)10-12-20(14(2)21)13-15-8-6-7-9-16(15)18/h6-9H,4-5,10-13H2,1-3H3. The SMILES string of the molecule is CCCCN(C)C(=O)CCN(Cc1ccccc1F)C(C)=O. The Kier molecular flexibility index (Phi) is 7.57. The highest BCUT2D eigenvalue weighted by Gasteiger charge is 2.15. The minimum atomic E-state index is -0.333. The molecule has 1 rings (SSSR count). The summed E-state index contributed by atoms with van der Waals surface area (Å²) in [6.45, 7) is 4.73. The third-order valence-corrected chi connectivity index (χ3v) is 3.63. The van der Waals surface area contributed by atoms with Gasteiger partial charge >= 0.3 is 0 Å². The third kappa shape index (κ3) is 5.84. The summed E-state index contributed by atoms with van der Waals surface area (Å²) in [6.07, 6.45) is 2.26. The second kappa shape index (κ2) is 9.18. The smallest absolute Gasteiger partial charge is 0.224 e. The maximum atomic E-state index is 13.7. The minimum absolute atomic E-state index is 0.00762. The van der Waals surface area contributed by atoms with Crippen molar-refractivity contribution in [2.24, 2.45) is 0 Å². The predicted octanol–water partition coefficient (Wildman–Crippen LogP) is 2.82. The quantitative estimate of drug-likeness (QED) is 0.741. The monoisotopic (exact) mass is 308 g/mol.